The maximum atomic E-state index is 10.6. The summed E-state index contributed by atoms with van der Waals surface area (Å²) in [6, 6.07) is 0. The third kappa shape index (κ3) is 4.56. The highest BCUT2D eigenvalue weighted by molar-refractivity contribution is 7.89. The Bertz CT molecular complexity index is 252. The van der Waals surface area contributed by atoms with E-state index in [4.69, 9.17) is 5.14 Å². The van der Waals surface area contributed by atoms with E-state index in [9.17, 15) is 13.5 Å². The molecule has 0 radical (unpaired) electrons. The minimum Gasteiger partial charge on any atom is -0.392 e. The first-order valence-corrected chi connectivity index (χ1v) is 6.10. The van der Waals surface area contributed by atoms with Gasteiger partial charge in [0.05, 0.1) is 11.9 Å². The Labute approximate surface area is 78.6 Å². The highest BCUT2D eigenvalue weighted by Gasteiger charge is 2.18. The SMILES string of the molecule is NS(=O)(=O)CCN1CCC[C@@H](O)C1. The van der Waals surface area contributed by atoms with E-state index in [2.05, 4.69) is 0 Å². The van der Waals surface area contributed by atoms with Gasteiger partial charge in [-0.05, 0) is 19.4 Å². The van der Waals surface area contributed by atoms with Crippen molar-refractivity contribution in [2.45, 2.75) is 18.9 Å². The summed E-state index contributed by atoms with van der Waals surface area (Å²) in [5.41, 5.74) is 0. The van der Waals surface area contributed by atoms with Crippen LogP contribution in [0.15, 0.2) is 0 Å². The standard InChI is InChI=1S/C7H16N2O3S/c8-13(11,12)5-4-9-3-1-2-7(10)6-9/h7,10H,1-6H2,(H2,8,11,12)/t7-/m1/s1. The van der Waals surface area contributed by atoms with Gasteiger partial charge >= 0.3 is 0 Å². The van der Waals surface area contributed by atoms with E-state index in [0.717, 1.165) is 19.4 Å². The first kappa shape index (κ1) is 10.9. The Balaban J connectivity index is 2.29. The molecule has 6 heteroatoms. The molecule has 5 nitrogen and oxygen atoms in total. The van der Waals surface area contributed by atoms with E-state index < -0.39 is 10.0 Å². The summed E-state index contributed by atoms with van der Waals surface area (Å²) in [7, 11) is -3.36. The molecule has 1 heterocycles. The number of piperidine rings is 1. The average Bonchev–Trinajstić information content (AvgIpc) is 2.00. The first-order valence-electron chi connectivity index (χ1n) is 4.38. The van der Waals surface area contributed by atoms with Crippen LogP contribution in [-0.2, 0) is 10.0 Å². The van der Waals surface area contributed by atoms with Crippen molar-refractivity contribution < 1.29 is 13.5 Å². The molecule has 1 atom stereocenters. The molecule has 1 aliphatic rings. The summed E-state index contributed by atoms with van der Waals surface area (Å²) in [5, 5.41) is 14.2. The van der Waals surface area contributed by atoms with Crippen molar-refractivity contribution in [2.24, 2.45) is 5.14 Å². The van der Waals surface area contributed by atoms with Gasteiger partial charge in [0, 0.05) is 13.1 Å². The normalized spacial score (nSPS) is 26.2. The lowest BCUT2D eigenvalue weighted by atomic mass is 10.1. The van der Waals surface area contributed by atoms with Gasteiger partial charge in [-0.3, -0.25) is 4.90 Å². The molecule has 0 saturated carbocycles. The van der Waals surface area contributed by atoms with Crippen LogP contribution in [-0.4, -0.2) is 49.9 Å². The van der Waals surface area contributed by atoms with Gasteiger partial charge in [0.1, 0.15) is 0 Å². The quantitative estimate of drug-likeness (QED) is 0.606. The fourth-order valence-electron chi connectivity index (χ4n) is 1.49. The van der Waals surface area contributed by atoms with Crippen molar-refractivity contribution in [3.8, 4) is 0 Å². The van der Waals surface area contributed by atoms with Crippen LogP contribution in [0, 0.1) is 0 Å². The van der Waals surface area contributed by atoms with Crippen LogP contribution in [0.5, 0.6) is 0 Å². The lowest BCUT2D eigenvalue weighted by Gasteiger charge is -2.29. The minimum atomic E-state index is -3.36. The monoisotopic (exact) mass is 208 g/mol. The number of rotatable bonds is 3. The van der Waals surface area contributed by atoms with E-state index >= 15 is 0 Å². The molecule has 1 rings (SSSR count). The zero-order valence-corrected chi connectivity index (χ0v) is 8.33. The van der Waals surface area contributed by atoms with Crippen molar-refractivity contribution in [1.29, 1.82) is 0 Å². The molecular weight excluding hydrogens is 192 g/mol. The molecule has 1 fully saturated rings. The number of likely N-dealkylation sites (tertiary alicyclic amines) is 1. The molecule has 0 aromatic carbocycles. The maximum absolute atomic E-state index is 10.6. The maximum Gasteiger partial charge on any atom is 0.210 e. The molecule has 0 aromatic rings. The molecule has 78 valence electrons. The zero-order valence-electron chi connectivity index (χ0n) is 7.52. The fourth-order valence-corrected chi connectivity index (χ4v) is 2.00. The van der Waals surface area contributed by atoms with Crippen LogP contribution in [0.1, 0.15) is 12.8 Å². The number of aliphatic hydroxyl groups is 1. The summed E-state index contributed by atoms with van der Waals surface area (Å²) < 4.78 is 21.3. The molecule has 0 aromatic heterocycles. The van der Waals surface area contributed by atoms with E-state index in [1.807, 2.05) is 4.90 Å². The van der Waals surface area contributed by atoms with Crippen molar-refractivity contribution in [3.63, 3.8) is 0 Å². The van der Waals surface area contributed by atoms with Crippen LogP contribution in [0.25, 0.3) is 0 Å². The minimum absolute atomic E-state index is 0.0281. The number of hydrogen-bond donors (Lipinski definition) is 2. The Kier molecular flexibility index (Phi) is 3.66. The lowest BCUT2D eigenvalue weighted by molar-refractivity contribution is 0.0741. The van der Waals surface area contributed by atoms with E-state index in [0.29, 0.717) is 13.1 Å². The molecule has 0 aliphatic carbocycles. The third-order valence-electron chi connectivity index (χ3n) is 2.17. The highest BCUT2D eigenvalue weighted by Crippen LogP contribution is 2.08. The van der Waals surface area contributed by atoms with Crippen LogP contribution in [0.4, 0.5) is 0 Å². The van der Waals surface area contributed by atoms with Gasteiger partial charge in [0.2, 0.25) is 10.0 Å². The Morgan fingerprint density at radius 2 is 2.23 bits per heavy atom. The molecule has 13 heavy (non-hydrogen) atoms. The van der Waals surface area contributed by atoms with Gasteiger partial charge in [-0.25, -0.2) is 13.6 Å². The predicted molar refractivity (Wildman–Crippen MR) is 49.7 cm³/mol. The Morgan fingerprint density at radius 3 is 2.77 bits per heavy atom. The lowest BCUT2D eigenvalue weighted by Crippen LogP contribution is -2.41. The zero-order chi connectivity index (χ0) is 9.90. The smallest absolute Gasteiger partial charge is 0.210 e. The van der Waals surface area contributed by atoms with Crippen LogP contribution >= 0.6 is 0 Å². The van der Waals surface area contributed by atoms with Gasteiger partial charge in [-0.2, -0.15) is 0 Å². The van der Waals surface area contributed by atoms with E-state index in [1.54, 1.807) is 0 Å². The second-order valence-corrected chi connectivity index (χ2v) is 5.20. The molecule has 0 spiro atoms. The summed E-state index contributed by atoms with van der Waals surface area (Å²) >= 11 is 0. The molecule has 3 N–H and O–H groups in total. The van der Waals surface area contributed by atoms with Crippen molar-refractivity contribution >= 4 is 10.0 Å². The highest BCUT2D eigenvalue weighted by atomic mass is 32.2. The molecular formula is C7H16N2O3S. The molecule has 1 aliphatic heterocycles. The Hall–Kier alpha value is -0.170. The van der Waals surface area contributed by atoms with Crippen LogP contribution < -0.4 is 5.14 Å². The molecule has 1 saturated heterocycles. The number of nitrogens with zero attached hydrogens (tertiary/aromatic N) is 1. The second-order valence-electron chi connectivity index (χ2n) is 3.46. The summed E-state index contributed by atoms with van der Waals surface area (Å²) in [6.45, 7) is 1.85. The summed E-state index contributed by atoms with van der Waals surface area (Å²) in [6.07, 6.45) is 1.42. The number of β-amino-alcohol motifs (C(OH)–C–C–N with tert-alkyl or cyclic N) is 1. The van der Waals surface area contributed by atoms with Crippen LogP contribution in [0.3, 0.4) is 0 Å². The van der Waals surface area contributed by atoms with Gasteiger partial charge in [-0.15, -0.1) is 0 Å². The van der Waals surface area contributed by atoms with Crippen LogP contribution in [0.2, 0.25) is 0 Å². The second kappa shape index (κ2) is 4.36. The van der Waals surface area contributed by atoms with Crippen molar-refractivity contribution in [2.75, 3.05) is 25.4 Å². The number of sulfonamides is 1. The van der Waals surface area contributed by atoms with E-state index in [1.165, 1.54) is 0 Å². The predicted octanol–water partition coefficient (Wildman–Crippen LogP) is -1.27. The van der Waals surface area contributed by atoms with Gasteiger partial charge in [0.25, 0.3) is 0 Å². The molecule has 0 bridgehead atoms. The summed E-state index contributed by atoms with van der Waals surface area (Å²) in [5.74, 6) is -0.0281. The van der Waals surface area contributed by atoms with Gasteiger partial charge in [-0.1, -0.05) is 0 Å². The van der Waals surface area contributed by atoms with E-state index in [-0.39, 0.29) is 11.9 Å². The fraction of sp³-hybridized carbons (Fsp3) is 1.00. The molecule has 0 amide bonds. The number of hydrogen-bond acceptors (Lipinski definition) is 4. The topological polar surface area (TPSA) is 83.6 Å². The third-order valence-corrected chi connectivity index (χ3v) is 2.92. The van der Waals surface area contributed by atoms with Gasteiger partial charge < -0.3 is 5.11 Å². The number of nitrogens with two attached hydrogens (primary N) is 1. The first-order chi connectivity index (χ1) is 5.97. The number of primary sulfonamides is 1. The van der Waals surface area contributed by atoms with Gasteiger partial charge in [0.15, 0.2) is 0 Å². The number of aliphatic hydroxyl groups excluding tert-OH is 1. The average molecular weight is 208 g/mol. The van der Waals surface area contributed by atoms with Crippen molar-refractivity contribution in [1.82, 2.24) is 4.90 Å². The summed E-state index contributed by atoms with van der Waals surface area (Å²) in [4.78, 5) is 1.93. The largest absolute Gasteiger partial charge is 0.392 e. The van der Waals surface area contributed by atoms with Crippen molar-refractivity contribution in [3.05, 3.63) is 0 Å². The Morgan fingerprint density at radius 1 is 1.54 bits per heavy atom. The molecule has 0 unspecified atom stereocenters.